The average Bonchev–Trinajstić information content (AvgIpc) is 2.32. The van der Waals surface area contributed by atoms with Gasteiger partial charge in [0.2, 0.25) is 0 Å². The van der Waals surface area contributed by atoms with Crippen molar-refractivity contribution in [3.05, 3.63) is 35.1 Å². The summed E-state index contributed by atoms with van der Waals surface area (Å²) >= 11 is 0. The van der Waals surface area contributed by atoms with Crippen molar-refractivity contribution in [2.24, 2.45) is 0 Å². The maximum atomic E-state index is 13.2. The van der Waals surface area contributed by atoms with E-state index in [0.29, 0.717) is 17.7 Å². The van der Waals surface area contributed by atoms with Gasteiger partial charge in [-0.25, -0.2) is 4.39 Å². The summed E-state index contributed by atoms with van der Waals surface area (Å²) in [4.78, 5) is 11.6. The zero-order valence-electron chi connectivity index (χ0n) is 10.3. The van der Waals surface area contributed by atoms with Gasteiger partial charge in [-0.2, -0.15) is 0 Å². The molecule has 0 fully saturated rings. The molecule has 3 nitrogen and oxygen atoms in total. The molecular formula is C13H19FN2O. The Morgan fingerprint density at radius 2 is 2.12 bits per heavy atom. The van der Waals surface area contributed by atoms with Crippen molar-refractivity contribution < 1.29 is 9.18 Å². The second kappa shape index (κ2) is 7.01. The van der Waals surface area contributed by atoms with Crippen LogP contribution in [0, 0.1) is 12.7 Å². The molecule has 1 aromatic rings. The van der Waals surface area contributed by atoms with Crippen LogP contribution in [-0.4, -0.2) is 25.5 Å². The molecule has 1 rings (SSSR count). The maximum absolute atomic E-state index is 13.2. The van der Waals surface area contributed by atoms with Crippen LogP contribution in [-0.2, 0) is 0 Å². The molecular weight excluding hydrogens is 219 g/mol. The molecule has 1 aromatic carbocycles. The van der Waals surface area contributed by atoms with Crippen molar-refractivity contribution >= 4 is 5.91 Å². The van der Waals surface area contributed by atoms with E-state index >= 15 is 0 Å². The lowest BCUT2D eigenvalue weighted by Crippen LogP contribution is -2.27. The van der Waals surface area contributed by atoms with Gasteiger partial charge in [-0.1, -0.05) is 13.0 Å². The summed E-state index contributed by atoms with van der Waals surface area (Å²) in [5.74, 6) is -0.564. The number of aryl methyl sites for hydroxylation is 1. The van der Waals surface area contributed by atoms with E-state index in [9.17, 15) is 9.18 Å². The van der Waals surface area contributed by atoms with Crippen LogP contribution in [0.25, 0.3) is 0 Å². The van der Waals surface area contributed by atoms with Gasteiger partial charge in [0.25, 0.3) is 5.91 Å². The van der Waals surface area contributed by atoms with Gasteiger partial charge in [0.15, 0.2) is 0 Å². The molecule has 0 aliphatic rings. The van der Waals surface area contributed by atoms with Crippen LogP contribution in [0.5, 0.6) is 0 Å². The number of benzene rings is 1. The first-order valence-electron chi connectivity index (χ1n) is 5.90. The SMILES string of the molecule is CCNCCCNC(=O)c1ccc(C)c(F)c1. The molecule has 0 unspecified atom stereocenters. The van der Waals surface area contributed by atoms with E-state index in [2.05, 4.69) is 10.6 Å². The summed E-state index contributed by atoms with van der Waals surface area (Å²) in [6.07, 6.45) is 0.869. The lowest BCUT2D eigenvalue weighted by atomic mass is 10.1. The Kier molecular flexibility index (Phi) is 5.63. The quantitative estimate of drug-likeness (QED) is 0.743. The Labute approximate surface area is 101 Å². The van der Waals surface area contributed by atoms with Crippen LogP contribution in [0.1, 0.15) is 29.3 Å². The van der Waals surface area contributed by atoms with Crippen LogP contribution in [0.2, 0.25) is 0 Å². The number of nitrogens with one attached hydrogen (secondary N) is 2. The molecule has 0 bridgehead atoms. The Morgan fingerprint density at radius 3 is 2.76 bits per heavy atom. The highest BCUT2D eigenvalue weighted by molar-refractivity contribution is 5.94. The molecule has 4 heteroatoms. The first-order valence-corrected chi connectivity index (χ1v) is 5.90. The predicted octanol–water partition coefficient (Wildman–Crippen LogP) is 1.86. The molecule has 0 radical (unpaired) electrons. The minimum atomic E-state index is -0.342. The monoisotopic (exact) mass is 238 g/mol. The summed E-state index contributed by atoms with van der Waals surface area (Å²) in [7, 11) is 0. The minimum Gasteiger partial charge on any atom is -0.352 e. The molecule has 2 N–H and O–H groups in total. The third-order valence-corrected chi connectivity index (χ3v) is 2.50. The van der Waals surface area contributed by atoms with E-state index in [0.717, 1.165) is 19.5 Å². The summed E-state index contributed by atoms with van der Waals surface area (Å²) in [5.41, 5.74) is 0.922. The molecule has 94 valence electrons. The zero-order chi connectivity index (χ0) is 12.7. The Hall–Kier alpha value is -1.42. The first-order chi connectivity index (χ1) is 8.15. The molecule has 0 atom stereocenters. The van der Waals surface area contributed by atoms with Crippen LogP contribution < -0.4 is 10.6 Å². The normalized spacial score (nSPS) is 10.3. The van der Waals surface area contributed by atoms with Crippen LogP contribution in [0.4, 0.5) is 4.39 Å². The highest BCUT2D eigenvalue weighted by Crippen LogP contribution is 2.08. The molecule has 1 amide bonds. The molecule has 0 spiro atoms. The second-order valence-electron chi connectivity index (χ2n) is 3.93. The zero-order valence-corrected chi connectivity index (χ0v) is 10.3. The van der Waals surface area contributed by atoms with Gasteiger partial charge in [-0.05, 0) is 44.1 Å². The van der Waals surface area contributed by atoms with E-state index in [1.165, 1.54) is 6.07 Å². The second-order valence-corrected chi connectivity index (χ2v) is 3.93. The smallest absolute Gasteiger partial charge is 0.251 e. The first kappa shape index (κ1) is 13.6. The highest BCUT2D eigenvalue weighted by Gasteiger charge is 2.06. The molecule has 0 heterocycles. The standard InChI is InChI=1S/C13H19FN2O/c1-3-15-7-4-8-16-13(17)11-6-5-10(2)12(14)9-11/h5-6,9,15H,3-4,7-8H2,1-2H3,(H,16,17). The maximum Gasteiger partial charge on any atom is 0.251 e. The van der Waals surface area contributed by atoms with Gasteiger partial charge in [-0.3, -0.25) is 4.79 Å². The number of carbonyl (C=O) groups is 1. The third kappa shape index (κ3) is 4.53. The molecule has 0 aromatic heterocycles. The summed E-state index contributed by atoms with van der Waals surface area (Å²) in [5, 5.41) is 5.93. The molecule has 0 saturated carbocycles. The third-order valence-electron chi connectivity index (χ3n) is 2.50. The molecule has 0 aliphatic heterocycles. The Balaban J connectivity index is 2.39. The van der Waals surface area contributed by atoms with E-state index in [1.54, 1.807) is 19.1 Å². The van der Waals surface area contributed by atoms with Crippen LogP contribution >= 0.6 is 0 Å². The number of hydrogen-bond donors (Lipinski definition) is 2. The lowest BCUT2D eigenvalue weighted by Gasteiger charge is -2.06. The van der Waals surface area contributed by atoms with Gasteiger partial charge in [0.05, 0.1) is 0 Å². The topological polar surface area (TPSA) is 41.1 Å². The van der Waals surface area contributed by atoms with Gasteiger partial charge in [-0.15, -0.1) is 0 Å². The summed E-state index contributed by atoms with van der Waals surface area (Å²) in [6, 6.07) is 4.52. The Bertz CT molecular complexity index is 380. The van der Waals surface area contributed by atoms with Crippen molar-refractivity contribution in [2.75, 3.05) is 19.6 Å². The number of carbonyl (C=O) groups excluding carboxylic acids is 1. The fourth-order valence-electron chi connectivity index (χ4n) is 1.43. The molecule has 0 aliphatic carbocycles. The lowest BCUT2D eigenvalue weighted by molar-refractivity contribution is 0.0953. The van der Waals surface area contributed by atoms with Crippen LogP contribution in [0.3, 0.4) is 0 Å². The van der Waals surface area contributed by atoms with Crippen molar-refractivity contribution in [3.8, 4) is 0 Å². The number of hydrogen-bond acceptors (Lipinski definition) is 2. The van der Waals surface area contributed by atoms with E-state index in [-0.39, 0.29) is 11.7 Å². The van der Waals surface area contributed by atoms with Gasteiger partial charge >= 0.3 is 0 Å². The summed E-state index contributed by atoms with van der Waals surface area (Å²) < 4.78 is 13.2. The fourth-order valence-corrected chi connectivity index (χ4v) is 1.43. The van der Waals surface area contributed by atoms with E-state index in [1.807, 2.05) is 6.92 Å². The van der Waals surface area contributed by atoms with Crippen molar-refractivity contribution in [3.63, 3.8) is 0 Å². The number of rotatable bonds is 6. The van der Waals surface area contributed by atoms with Gasteiger partial charge in [0.1, 0.15) is 5.82 Å². The van der Waals surface area contributed by atoms with Crippen LogP contribution in [0.15, 0.2) is 18.2 Å². The van der Waals surface area contributed by atoms with Gasteiger partial charge < -0.3 is 10.6 Å². The fraction of sp³-hybridized carbons (Fsp3) is 0.462. The molecule has 0 saturated heterocycles. The largest absolute Gasteiger partial charge is 0.352 e. The van der Waals surface area contributed by atoms with E-state index in [4.69, 9.17) is 0 Å². The van der Waals surface area contributed by atoms with Crippen molar-refractivity contribution in [1.82, 2.24) is 10.6 Å². The highest BCUT2D eigenvalue weighted by atomic mass is 19.1. The predicted molar refractivity (Wildman–Crippen MR) is 66.6 cm³/mol. The van der Waals surface area contributed by atoms with E-state index < -0.39 is 0 Å². The molecule has 17 heavy (non-hydrogen) atoms. The minimum absolute atomic E-state index is 0.222. The van der Waals surface area contributed by atoms with Crippen molar-refractivity contribution in [1.29, 1.82) is 0 Å². The number of amides is 1. The van der Waals surface area contributed by atoms with Crippen molar-refractivity contribution in [2.45, 2.75) is 20.3 Å². The number of halogens is 1. The van der Waals surface area contributed by atoms with Gasteiger partial charge in [0, 0.05) is 12.1 Å². The Morgan fingerprint density at radius 1 is 1.35 bits per heavy atom. The average molecular weight is 238 g/mol. The summed E-state index contributed by atoms with van der Waals surface area (Å²) in [6.45, 7) is 6.11.